The van der Waals surface area contributed by atoms with Gasteiger partial charge in [-0.05, 0) is 19.1 Å². The van der Waals surface area contributed by atoms with Crippen LogP contribution in [0.5, 0.6) is 0 Å². The van der Waals surface area contributed by atoms with E-state index in [4.69, 9.17) is 10.5 Å². The molecule has 4 nitrogen and oxygen atoms in total. The Balaban J connectivity index is 2.43. The molecule has 7 heteroatoms. The number of nitrogens with one attached hydrogen (secondary N) is 1. The largest absolute Gasteiger partial charge is 0.397 e. The van der Waals surface area contributed by atoms with Gasteiger partial charge in [0.1, 0.15) is 6.10 Å². The molecule has 0 spiro atoms. The molecule has 0 aromatic heterocycles. The molecule has 0 fully saturated rings. The van der Waals surface area contributed by atoms with Crippen molar-refractivity contribution in [1.29, 1.82) is 0 Å². The highest BCUT2D eigenvalue weighted by Crippen LogP contribution is 2.20. The summed E-state index contributed by atoms with van der Waals surface area (Å²) < 4.78 is 40.5. The van der Waals surface area contributed by atoms with Gasteiger partial charge in [0, 0.05) is 0 Å². The second kappa shape index (κ2) is 6.42. The van der Waals surface area contributed by atoms with Crippen molar-refractivity contribution in [2.75, 3.05) is 17.7 Å². The van der Waals surface area contributed by atoms with Gasteiger partial charge >= 0.3 is 6.18 Å². The molecule has 1 amide bonds. The highest BCUT2D eigenvalue weighted by molar-refractivity contribution is 5.96. The fourth-order valence-electron chi connectivity index (χ4n) is 1.27. The lowest BCUT2D eigenvalue weighted by Gasteiger charge is -2.15. The van der Waals surface area contributed by atoms with E-state index in [2.05, 4.69) is 5.32 Å². The molecule has 1 unspecified atom stereocenters. The number of carbonyl (C=O) groups is 1. The summed E-state index contributed by atoms with van der Waals surface area (Å²) in [5.74, 6) is -0.542. The number of alkyl halides is 3. The normalized spacial score (nSPS) is 13.1. The van der Waals surface area contributed by atoms with E-state index in [0.717, 1.165) is 0 Å². The number of hydrogen-bond donors (Lipinski definition) is 2. The van der Waals surface area contributed by atoms with Gasteiger partial charge in [-0.25, -0.2) is 0 Å². The maximum atomic E-state index is 11.9. The Hall–Kier alpha value is -1.76. The summed E-state index contributed by atoms with van der Waals surface area (Å²) in [5, 5.41) is 2.49. The highest BCUT2D eigenvalue weighted by atomic mass is 19.4. The monoisotopic (exact) mass is 276 g/mol. The molecular weight excluding hydrogens is 261 g/mol. The van der Waals surface area contributed by atoms with Crippen LogP contribution in [0.2, 0.25) is 0 Å². The van der Waals surface area contributed by atoms with Gasteiger partial charge in [0.05, 0.1) is 24.4 Å². The Kier molecular flexibility index (Phi) is 5.17. The average molecular weight is 276 g/mol. The maximum Gasteiger partial charge on any atom is 0.391 e. The Morgan fingerprint density at radius 2 is 2.05 bits per heavy atom. The first-order chi connectivity index (χ1) is 8.79. The lowest BCUT2D eigenvalue weighted by molar-refractivity contribution is -0.152. The van der Waals surface area contributed by atoms with Crippen molar-refractivity contribution in [3.8, 4) is 0 Å². The van der Waals surface area contributed by atoms with Crippen LogP contribution in [-0.4, -0.2) is 24.8 Å². The topological polar surface area (TPSA) is 64.3 Å². The van der Waals surface area contributed by atoms with Crippen molar-refractivity contribution in [1.82, 2.24) is 0 Å². The van der Waals surface area contributed by atoms with E-state index in [-0.39, 0.29) is 0 Å². The number of rotatable bonds is 5. The minimum absolute atomic E-state index is 0.373. The second-order valence-corrected chi connectivity index (χ2v) is 3.95. The molecule has 106 valence electrons. The van der Waals surface area contributed by atoms with E-state index in [1.54, 1.807) is 24.3 Å². The molecule has 1 aromatic rings. The van der Waals surface area contributed by atoms with E-state index in [1.165, 1.54) is 6.92 Å². The van der Waals surface area contributed by atoms with E-state index in [0.29, 0.717) is 11.4 Å². The number of para-hydroxylation sites is 2. The van der Waals surface area contributed by atoms with Crippen molar-refractivity contribution in [2.24, 2.45) is 0 Å². The second-order valence-electron chi connectivity index (χ2n) is 3.95. The zero-order valence-corrected chi connectivity index (χ0v) is 10.3. The molecule has 1 atom stereocenters. The van der Waals surface area contributed by atoms with Gasteiger partial charge in [0.25, 0.3) is 5.91 Å². The molecule has 3 N–H and O–H groups in total. The van der Waals surface area contributed by atoms with Crippen LogP contribution < -0.4 is 11.1 Å². The molecule has 0 radical (unpaired) electrons. The smallest absolute Gasteiger partial charge is 0.391 e. The van der Waals surface area contributed by atoms with E-state index < -0.39 is 31.2 Å². The lowest BCUT2D eigenvalue weighted by atomic mass is 10.2. The Labute approximate surface area is 108 Å². The summed E-state index contributed by atoms with van der Waals surface area (Å²) in [6.45, 7) is 0.827. The van der Waals surface area contributed by atoms with Crippen molar-refractivity contribution in [3.63, 3.8) is 0 Å². The SMILES string of the molecule is CC(OCCC(F)(F)F)C(=O)Nc1ccccc1N. The Morgan fingerprint density at radius 3 is 2.63 bits per heavy atom. The van der Waals surface area contributed by atoms with Crippen molar-refractivity contribution in [3.05, 3.63) is 24.3 Å². The number of ether oxygens (including phenoxy) is 1. The highest BCUT2D eigenvalue weighted by Gasteiger charge is 2.27. The first-order valence-corrected chi connectivity index (χ1v) is 5.63. The zero-order valence-electron chi connectivity index (χ0n) is 10.3. The molecule has 1 aromatic carbocycles. The standard InChI is InChI=1S/C12H15F3N2O2/c1-8(19-7-6-12(13,14)15)11(18)17-10-5-3-2-4-9(10)16/h2-5,8H,6-7,16H2,1H3,(H,17,18). The molecule has 0 aliphatic carbocycles. The fourth-order valence-corrected chi connectivity index (χ4v) is 1.27. The number of amides is 1. The summed E-state index contributed by atoms with van der Waals surface area (Å²) in [4.78, 5) is 11.6. The van der Waals surface area contributed by atoms with Crippen LogP contribution >= 0.6 is 0 Å². The number of hydrogen-bond acceptors (Lipinski definition) is 3. The zero-order chi connectivity index (χ0) is 14.5. The molecule has 0 heterocycles. The van der Waals surface area contributed by atoms with Gasteiger partial charge in [0.2, 0.25) is 0 Å². The summed E-state index contributed by atoms with van der Waals surface area (Å²) >= 11 is 0. The number of nitrogens with two attached hydrogens (primary N) is 1. The third-order valence-corrected chi connectivity index (χ3v) is 2.34. The molecule has 1 rings (SSSR count). The molecule has 0 saturated heterocycles. The van der Waals surface area contributed by atoms with Gasteiger partial charge in [-0.3, -0.25) is 4.79 Å². The number of carbonyl (C=O) groups excluding carboxylic acids is 1. The summed E-state index contributed by atoms with van der Waals surface area (Å²) in [7, 11) is 0. The molecule has 0 bridgehead atoms. The average Bonchev–Trinajstić information content (AvgIpc) is 2.30. The Bertz CT molecular complexity index is 435. The quantitative estimate of drug-likeness (QED) is 0.812. The summed E-state index contributed by atoms with van der Waals surface area (Å²) in [5.41, 5.74) is 6.40. The van der Waals surface area contributed by atoms with Crippen molar-refractivity contribution < 1.29 is 22.7 Å². The third-order valence-electron chi connectivity index (χ3n) is 2.34. The van der Waals surface area contributed by atoms with Crippen LogP contribution in [0, 0.1) is 0 Å². The van der Waals surface area contributed by atoms with Crippen LogP contribution in [0.4, 0.5) is 24.5 Å². The minimum atomic E-state index is -4.29. The van der Waals surface area contributed by atoms with Crippen LogP contribution in [0.15, 0.2) is 24.3 Å². The molecule has 0 aliphatic rings. The molecular formula is C12H15F3N2O2. The third kappa shape index (κ3) is 5.60. The van der Waals surface area contributed by atoms with Gasteiger partial charge in [-0.2, -0.15) is 13.2 Å². The van der Waals surface area contributed by atoms with Crippen molar-refractivity contribution in [2.45, 2.75) is 25.6 Å². The van der Waals surface area contributed by atoms with Gasteiger partial charge in [0.15, 0.2) is 0 Å². The predicted octanol–water partition coefficient (Wildman–Crippen LogP) is 2.56. The summed E-state index contributed by atoms with van der Waals surface area (Å²) in [6, 6.07) is 6.58. The van der Waals surface area contributed by atoms with Crippen molar-refractivity contribution >= 4 is 17.3 Å². The first-order valence-electron chi connectivity index (χ1n) is 5.63. The number of halogens is 3. The first kappa shape index (κ1) is 15.3. The number of anilines is 2. The van der Waals surface area contributed by atoms with Gasteiger partial charge in [-0.1, -0.05) is 12.1 Å². The van der Waals surface area contributed by atoms with Crippen LogP contribution in [-0.2, 0) is 9.53 Å². The van der Waals surface area contributed by atoms with Crippen LogP contribution in [0.25, 0.3) is 0 Å². The number of nitrogen functional groups attached to an aromatic ring is 1. The van der Waals surface area contributed by atoms with E-state index >= 15 is 0 Å². The maximum absolute atomic E-state index is 11.9. The molecule has 0 saturated carbocycles. The fraction of sp³-hybridized carbons (Fsp3) is 0.417. The number of benzene rings is 1. The Morgan fingerprint density at radius 1 is 1.42 bits per heavy atom. The van der Waals surface area contributed by atoms with Crippen LogP contribution in [0.1, 0.15) is 13.3 Å². The minimum Gasteiger partial charge on any atom is -0.397 e. The van der Waals surface area contributed by atoms with E-state index in [9.17, 15) is 18.0 Å². The lowest BCUT2D eigenvalue weighted by Crippen LogP contribution is -2.29. The predicted molar refractivity (Wildman–Crippen MR) is 65.6 cm³/mol. The van der Waals surface area contributed by atoms with Gasteiger partial charge in [-0.15, -0.1) is 0 Å². The molecule has 19 heavy (non-hydrogen) atoms. The van der Waals surface area contributed by atoms with Gasteiger partial charge < -0.3 is 15.8 Å². The molecule has 0 aliphatic heterocycles. The van der Waals surface area contributed by atoms with E-state index in [1.807, 2.05) is 0 Å². The van der Waals surface area contributed by atoms with Crippen LogP contribution in [0.3, 0.4) is 0 Å². The summed E-state index contributed by atoms with van der Waals surface area (Å²) in [6.07, 6.45) is -6.36.